The molecule has 1 aliphatic heterocycles. The van der Waals surface area contributed by atoms with Gasteiger partial charge in [-0.15, -0.1) is 0 Å². The Balaban J connectivity index is 2.71. The largest absolute Gasteiger partial charge is 0.377 e. The summed E-state index contributed by atoms with van der Waals surface area (Å²) in [5, 5.41) is 0. The van der Waals surface area contributed by atoms with Crippen LogP contribution in [0.15, 0.2) is 0 Å². The van der Waals surface area contributed by atoms with Gasteiger partial charge in [-0.25, -0.2) is 0 Å². The first-order valence-corrected chi connectivity index (χ1v) is 4.52. The lowest BCUT2D eigenvalue weighted by Gasteiger charge is -2.44. The van der Waals surface area contributed by atoms with Crippen LogP contribution in [0, 0.1) is 0 Å². The zero-order chi connectivity index (χ0) is 10.1. The molecule has 0 aromatic rings. The van der Waals surface area contributed by atoms with E-state index in [0.717, 1.165) is 0 Å². The molecule has 4 heteroatoms. The van der Waals surface area contributed by atoms with E-state index >= 15 is 0 Å². The average Bonchev–Trinajstić information content (AvgIpc) is 2.13. The number of nitrogens with two attached hydrogens (primary N) is 1. The summed E-state index contributed by atoms with van der Waals surface area (Å²) >= 11 is 0. The molecule has 0 saturated carbocycles. The van der Waals surface area contributed by atoms with E-state index in [-0.39, 0.29) is 24.0 Å². The summed E-state index contributed by atoms with van der Waals surface area (Å²) in [5.74, 6) is 0. The molecule has 0 bridgehead atoms. The van der Waals surface area contributed by atoms with Crippen molar-refractivity contribution in [3.8, 4) is 0 Å². The van der Waals surface area contributed by atoms with Gasteiger partial charge in [-0.05, 0) is 13.8 Å². The Kier molecular flexibility index (Phi) is 3.29. The van der Waals surface area contributed by atoms with Gasteiger partial charge < -0.3 is 19.9 Å². The van der Waals surface area contributed by atoms with E-state index in [2.05, 4.69) is 0 Å². The molecule has 0 aromatic heterocycles. The zero-order valence-electron chi connectivity index (χ0n) is 8.74. The summed E-state index contributed by atoms with van der Waals surface area (Å²) in [4.78, 5) is 0. The quantitative estimate of drug-likeness (QED) is 0.687. The van der Waals surface area contributed by atoms with Crippen LogP contribution in [0.5, 0.6) is 0 Å². The van der Waals surface area contributed by atoms with Crippen molar-refractivity contribution in [2.45, 2.75) is 44.3 Å². The van der Waals surface area contributed by atoms with Gasteiger partial charge in [0, 0.05) is 20.6 Å². The fraction of sp³-hybridized carbons (Fsp3) is 1.00. The first kappa shape index (κ1) is 10.9. The highest BCUT2D eigenvalue weighted by molar-refractivity contribution is 4.95. The van der Waals surface area contributed by atoms with Crippen molar-refractivity contribution in [3.05, 3.63) is 0 Å². The lowest BCUT2D eigenvalue weighted by atomic mass is 9.87. The Labute approximate surface area is 79.3 Å². The van der Waals surface area contributed by atoms with Crippen molar-refractivity contribution in [1.29, 1.82) is 0 Å². The van der Waals surface area contributed by atoms with Crippen LogP contribution < -0.4 is 5.73 Å². The first-order valence-electron chi connectivity index (χ1n) is 4.52. The first-order chi connectivity index (χ1) is 6.03. The van der Waals surface area contributed by atoms with Gasteiger partial charge in [-0.2, -0.15) is 0 Å². The van der Waals surface area contributed by atoms with Crippen molar-refractivity contribution in [3.63, 3.8) is 0 Å². The number of hydrogen-bond acceptors (Lipinski definition) is 4. The minimum absolute atomic E-state index is 0.0383. The highest BCUT2D eigenvalue weighted by Gasteiger charge is 2.43. The van der Waals surface area contributed by atoms with E-state index in [1.807, 2.05) is 13.8 Å². The summed E-state index contributed by atoms with van der Waals surface area (Å²) in [5.41, 5.74) is 5.63. The number of hydrogen-bond donors (Lipinski definition) is 1. The summed E-state index contributed by atoms with van der Waals surface area (Å²) in [7, 11) is 3.30. The Hall–Kier alpha value is -0.160. The third kappa shape index (κ3) is 2.02. The van der Waals surface area contributed by atoms with Crippen molar-refractivity contribution in [2.24, 2.45) is 5.73 Å². The van der Waals surface area contributed by atoms with Crippen molar-refractivity contribution < 1.29 is 14.2 Å². The molecule has 1 saturated heterocycles. The molecular formula is C9H19NO3. The van der Waals surface area contributed by atoms with E-state index in [1.54, 1.807) is 14.2 Å². The summed E-state index contributed by atoms with van der Waals surface area (Å²) in [6.45, 7) is 3.93. The van der Waals surface area contributed by atoms with Crippen LogP contribution in [0.25, 0.3) is 0 Å². The van der Waals surface area contributed by atoms with Crippen LogP contribution >= 0.6 is 0 Å². The van der Waals surface area contributed by atoms with E-state index < -0.39 is 0 Å². The normalized spacial score (nSPS) is 46.4. The number of ether oxygens (including phenoxy) is 3. The lowest BCUT2D eigenvalue weighted by molar-refractivity contribution is -0.235. The molecule has 2 N–H and O–H groups in total. The monoisotopic (exact) mass is 189 g/mol. The van der Waals surface area contributed by atoms with E-state index in [1.165, 1.54) is 0 Å². The molecule has 0 amide bonds. The standard InChI is InChI=1S/C9H19NO3/c1-6-8(10)9(2,12-4)5-7(11-3)13-6/h6-8H,5,10H2,1-4H3/t6-,7+,8-,9+/m0/s1. The Bertz CT molecular complexity index is 176. The van der Waals surface area contributed by atoms with Gasteiger partial charge in [0.25, 0.3) is 0 Å². The lowest BCUT2D eigenvalue weighted by Crippen LogP contribution is -2.60. The van der Waals surface area contributed by atoms with E-state index in [0.29, 0.717) is 6.42 Å². The predicted octanol–water partition coefficient (Wildman–Crippen LogP) is 0.500. The Morgan fingerprint density at radius 1 is 1.46 bits per heavy atom. The second-order valence-corrected chi connectivity index (χ2v) is 3.75. The average molecular weight is 189 g/mol. The zero-order valence-corrected chi connectivity index (χ0v) is 8.74. The molecule has 78 valence electrons. The number of methoxy groups -OCH3 is 2. The SMILES string of the molecule is CO[C@H]1C[C@@](C)(OC)[C@@H](N)[C@H](C)O1. The predicted molar refractivity (Wildman–Crippen MR) is 49.4 cm³/mol. The molecule has 1 rings (SSSR count). The molecule has 1 aliphatic rings. The van der Waals surface area contributed by atoms with Crippen molar-refractivity contribution in [1.82, 2.24) is 0 Å². The van der Waals surface area contributed by atoms with Crippen LogP contribution in [0.3, 0.4) is 0 Å². The molecule has 1 heterocycles. The van der Waals surface area contributed by atoms with Crippen LogP contribution in [0.4, 0.5) is 0 Å². The van der Waals surface area contributed by atoms with E-state index in [9.17, 15) is 0 Å². The van der Waals surface area contributed by atoms with Gasteiger partial charge in [0.2, 0.25) is 0 Å². The third-order valence-electron chi connectivity index (χ3n) is 2.88. The van der Waals surface area contributed by atoms with Gasteiger partial charge in [0.15, 0.2) is 6.29 Å². The number of rotatable bonds is 2. The van der Waals surface area contributed by atoms with Gasteiger partial charge >= 0.3 is 0 Å². The molecule has 0 aromatic carbocycles. The third-order valence-corrected chi connectivity index (χ3v) is 2.88. The maximum absolute atomic E-state index is 5.98. The fourth-order valence-corrected chi connectivity index (χ4v) is 1.69. The van der Waals surface area contributed by atoms with Gasteiger partial charge in [0.1, 0.15) is 0 Å². The van der Waals surface area contributed by atoms with Crippen molar-refractivity contribution >= 4 is 0 Å². The highest BCUT2D eigenvalue weighted by atomic mass is 16.7. The molecule has 0 radical (unpaired) electrons. The molecule has 1 fully saturated rings. The Morgan fingerprint density at radius 3 is 2.54 bits per heavy atom. The van der Waals surface area contributed by atoms with Gasteiger partial charge in [-0.1, -0.05) is 0 Å². The van der Waals surface area contributed by atoms with Crippen LogP contribution in [0.1, 0.15) is 20.3 Å². The Morgan fingerprint density at radius 2 is 2.08 bits per heavy atom. The topological polar surface area (TPSA) is 53.7 Å². The molecule has 0 aliphatic carbocycles. The second kappa shape index (κ2) is 3.92. The molecule has 13 heavy (non-hydrogen) atoms. The smallest absolute Gasteiger partial charge is 0.160 e. The minimum atomic E-state index is -0.349. The van der Waals surface area contributed by atoms with Crippen LogP contribution in [0.2, 0.25) is 0 Å². The summed E-state index contributed by atoms with van der Waals surface area (Å²) in [6, 6.07) is -0.108. The maximum atomic E-state index is 5.98. The highest BCUT2D eigenvalue weighted by Crippen LogP contribution is 2.30. The molecule has 4 atom stereocenters. The minimum Gasteiger partial charge on any atom is -0.377 e. The molecule has 4 nitrogen and oxygen atoms in total. The summed E-state index contributed by atoms with van der Waals surface area (Å²) < 4.78 is 16.1. The second-order valence-electron chi connectivity index (χ2n) is 3.75. The van der Waals surface area contributed by atoms with Crippen molar-refractivity contribution in [2.75, 3.05) is 14.2 Å². The van der Waals surface area contributed by atoms with Gasteiger partial charge in [-0.3, -0.25) is 0 Å². The van der Waals surface area contributed by atoms with E-state index in [4.69, 9.17) is 19.9 Å². The fourth-order valence-electron chi connectivity index (χ4n) is 1.69. The van der Waals surface area contributed by atoms with Gasteiger partial charge in [0.05, 0.1) is 17.7 Å². The van der Waals surface area contributed by atoms with Crippen LogP contribution in [-0.4, -0.2) is 38.3 Å². The molecule has 0 spiro atoms. The maximum Gasteiger partial charge on any atom is 0.160 e. The summed E-state index contributed by atoms with van der Waals surface area (Å²) in [6.07, 6.45) is 0.425. The molecule has 0 unspecified atom stereocenters. The molecular weight excluding hydrogens is 170 g/mol. The van der Waals surface area contributed by atoms with Crippen LogP contribution in [-0.2, 0) is 14.2 Å².